The van der Waals surface area contributed by atoms with Crippen LogP contribution >= 0.6 is 0 Å². The van der Waals surface area contributed by atoms with Crippen molar-refractivity contribution in [2.45, 2.75) is 39.2 Å². The first kappa shape index (κ1) is 16.6. The molecule has 0 bridgehead atoms. The number of carbonyl (C=O) groups excluding carboxylic acids is 1. The van der Waals surface area contributed by atoms with Gasteiger partial charge in [-0.15, -0.1) is 10.2 Å². The van der Waals surface area contributed by atoms with Gasteiger partial charge in [0.05, 0.1) is 6.61 Å². The van der Waals surface area contributed by atoms with Crippen LogP contribution < -0.4 is 5.32 Å². The van der Waals surface area contributed by atoms with Crippen LogP contribution in [0.2, 0.25) is 0 Å². The molecule has 0 aromatic carbocycles. The van der Waals surface area contributed by atoms with E-state index >= 15 is 0 Å². The van der Waals surface area contributed by atoms with Crippen molar-refractivity contribution in [3.8, 4) is 0 Å². The number of amides is 1. The van der Waals surface area contributed by atoms with Gasteiger partial charge in [0.25, 0.3) is 5.91 Å². The number of rotatable bonds is 7. The zero-order chi connectivity index (χ0) is 16.9. The normalized spacial score (nSPS) is 16.8. The van der Waals surface area contributed by atoms with Crippen LogP contribution in [0.25, 0.3) is 0 Å². The second kappa shape index (κ2) is 7.57. The monoisotopic (exact) mass is 332 g/mol. The van der Waals surface area contributed by atoms with Crippen molar-refractivity contribution in [1.29, 1.82) is 0 Å². The lowest BCUT2D eigenvalue weighted by atomic mass is 9.87. The summed E-state index contributed by atoms with van der Waals surface area (Å²) in [4.78, 5) is 12.4. The van der Waals surface area contributed by atoms with Crippen LogP contribution in [0.15, 0.2) is 6.33 Å². The largest absolute Gasteiger partial charge is 0.383 e. The fraction of sp³-hybridized carbons (Fsp3) is 0.625. The van der Waals surface area contributed by atoms with Gasteiger partial charge in [0.1, 0.15) is 12.2 Å². The smallest absolute Gasteiger partial charge is 0.272 e. The lowest BCUT2D eigenvalue weighted by Gasteiger charge is -2.17. The summed E-state index contributed by atoms with van der Waals surface area (Å²) in [5.41, 5.74) is 2.73. The number of aryl methyl sites for hydroxylation is 1. The number of hydrogen-bond acceptors (Lipinski definition) is 5. The Hall–Kier alpha value is -2.22. The summed E-state index contributed by atoms with van der Waals surface area (Å²) in [5, 5.41) is 18.2. The van der Waals surface area contributed by atoms with Crippen molar-refractivity contribution < 1.29 is 9.53 Å². The first-order chi connectivity index (χ1) is 11.7. The molecule has 2 N–H and O–H groups in total. The summed E-state index contributed by atoms with van der Waals surface area (Å²) in [5.74, 6) is 1.32. The van der Waals surface area contributed by atoms with E-state index in [1.54, 1.807) is 13.4 Å². The second-order valence-electron chi connectivity index (χ2n) is 6.32. The minimum atomic E-state index is -0.121. The molecule has 2 aromatic heterocycles. The molecule has 2 aromatic rings. The third kappa shape index (κ3) is 3.64. The summed E-state index contributed by atoms with van der Waals surface area (Å²) in [6.07, 6.45) is 5.34. The van der Waals surface area contributed by atoms with Gasteiger partial charge < -0.3 is 14.6 Å². The Bertz CT molecular complexity index is 693. The number of nitrogens with one attached hydrogen (secondary N) is 2. The molecule has 0 saturated carbocycles. The van der Waals surface area contributed by atoms with E-state index in [1.807, 2.05) is 4.57 Å². The lowest BCUT2D eigenvalue weighted by Crippen LogP contribution is -2.28. The van der Waals surface area contributed by atoms with Gasteiger partial charge >= 0.3 is 0 Å². The second-order valence-corrected chi connectivity index (χ2v) is 6.32. The topological polar surface area (TPSA) is 97.7 Å². The zero-order valence-corrected chi connectivity index (χ0v) is 14.2. The number of nitrogens with zero attached hydrogens (tertiary/aromatic N) is 4. The van der Waals surface area contributed by atoms with Gasteiger partial charge in [-0.05, 0) is 25.2 Å². The standard InChI is InChI=1S/C16H24N6O2/c1-11-3-4-13-12(9-11)15(21-19-13)16(23)17-6-5-14-20-18-10-22(14)7-8-24-2/h10-11H,3-9H2,1-2H3,(H,17,23)(H,19,21). The predicted octanol–water partition coefficient (Wildman–Crippen LogP) is 0.745. The first-order valence-corrected chi connectivity index (χ1v) is 8.39. The maximum Gasteiger partial charge on any atom is 0.272 e. The molecular formula is C16H24N6O2. The predicted molar refractivity (Wildman–Crippen MR) is 87.7 cm³/mol. The Labute approximate surface area is 141 Å². The molecule has 2 heterocycles. The summed E-state index contributed by atoms with van der Waals surface area (Å²) in [6.45, 7) is 4.03. The molecule has 0 radical (unpaired) electrons. The highest BCUT2D eigenvalue weighted by Gasteiger charge is 2.24. The molecule has 130 valence electrons. The number of aromatic amines is 1. The van der Waals surface area contributed by atoms with Crippen LogP contribution in [-0.4, -0.2) is 51.1 Å². The van der Waals surface area contributed by atoms with E-state index in [1.165, 1.54) is 0 Å². The molecule has 3 rings (SSSR count). The van der Waals surface area contributed by atoms with E-state index in [2.05, 4.69) is 32.6 Å². The van der Waals surface area contributed by atoms with E-state index < -0.39 is 0 Å². The van der Waals surface area contributed by atoms with Crippen LogP contribution in [-0.2, 0) is 30.5 Å². The van der Waals surface area contributed by atoms with E-state index in [0.717, 1.165) is 36.3 Å². The third-order valence-electron chi connectivity index (χ3n) is 4.47. The summed E-state index contributed by atoms with van der Waals surface area (Å²) in [7, 11) is 1.66. The molecule has 24 heavy (non-hydrogen) atoms. The van der Waals surface area contributed by atoms with Crippen molar-refractivity contribution in [2.24, 2.45) is 5.92 Å². The Balaban J connectivity index is 1.55. The number of carbonyl (C=O) groups is 1. The van der Waals surface area contributed by atoms with Crippen LogP contribution in [0.1, 0.15) is 40.9 Å². The number of hydrogen-bond donors (Lipinski definition) is 2. The highest BCUT2D eigenvalue weighted by Crippen LogP contribution is 2.25. The molecule has 1 unspecified atom stereocenters. The first-order valence-electron chi connectivity index (χ1n) is 8.39. The summed E-state index contributed by atoms with van der Waals surface area (Å²) >= 11 is 0. The van der Waals surface area contributed by atoms with Crippen molar-refractivity contribution in [3.63, 3.8) is 0 Å². The van der Waals surface area contributed by atoms with Crippen molar-refractivity contribution >= 4 is 5.91 Å². The fourth-order valence-corrected chi connectivity index (χ4v) is 3.08. The third-order valence-corrected chi connectivity index (χ3v) is 4.47. The Morgan fingerprint density at radius 3 is 3.25 bits per heavy atom. The Morgan fingerprint density at radius 1 is 1.54 bits per heavy atom. The highest BCUT2D eigenvalue weighted by molar-refractivity contribution is 5.94. The van der Waals surface area contributed by atoms with E-state index in [-0.39, 0.29) is 5.91 Å². The average Bonchev–Trinajstić information content (AvgIpc) is 3.19. The van der Waals surface area contributed by atoms with Gasteiger partial charge in [-0.25, -0.2) is 0 Å². The van der Waals surface area contributed by atoms with Gasteiger partial charge in [0, 0.05) is 37.9 Å². The molecular weight excluding hydrogens is 308 g/mol. The average molecular weight is 332 g/mol. The van der Waals surface area contributed by atoms with Gasteiger partial charge in [0.15, 0.2) is 5.69 Å². The SMILES string of the molecule is COCCn1cnnc1CCNC(=O)c1n[nH]c2c1CC(C)CC2. The maximum absolute atomic E-state index is 12.4. The molecule has 1 aliphatic carbocycles. The van der Waals surface area contributed by atoms with Gasteiger partial charge in [0.2, 0.25) is 0 Å². The maximum atomic E-state index is 12.4. The lowest BCUT2D eigenvalue weighted by molar-refractivity contribution is 0.0947. The quantitative estimate of drug-likeness (QED) is 0.779. The highest BCUT2D eigenvalue weighted by atomic mass is 16.5. The number of methoxy groups -OCH3 is 1. The number of ether oxygens (including phenoxy) is 1. The minimum absolute atomic E-state index is 0.121. The molecule has 0 fully saturated rings. The summed E-state index contributed by atoms with van der Waals surface area (Å²) in [6, 6.07) is 0. The molecule has 0 saturated heterocycles. The van der Waals surface area contributed by atoms with Gasteiger partial charge in [-0.2, -0.15) is 5.10 Å². The molecule has 8 heteroatoms. The Kier molecular flexibility index (Phi) is 5.24. The minimum Gasteiger partial charge on any atom is -0.383 e. The molecule has 0 spiro atoms. The van der Waals surface area contributed by atoms with E-state index in [4.69, 9.17) is 4.74 Å². The van der Waals surface area contributed by atoms with Crippen LogP contribution in [0.5, 0.6) is 0 Å². The zero-order valence-electron chi connectivity index (χ0n) is 14.2. The number of aromatic nitrogens is 5. The molecule has 1 aliphatic rings. The van der Waals surface area contributed by atoms with E-state index in [0.29, 0.717) is 37.7 Å². The fourth-order valence-electron chi connectivity index (χ4n) is 3.08. The van der Waals surface area contributed by atoms with Crippen molar-refractivity contribution in [1.82, 2.24) is 30.3 Å². The number of fused-ring (bicyclic) bond motifs is 1. The molecule has 0 aliphatic heterocycles. The van der Waals surface area contributed by atoms with Crippen LogP contribution in [0.4, 0.5) is 0 Å². The molecule has 8 nitrogen and oxygen atoms in total. The van der Waals surface area contributed by atoms with Crippen molar-refractivity contribution in [2.75, 3.05) is 20.3 Å². The molecule has 1 amide bonds. The Morgan fingerprint density at radius 2 is 2.42 bits per heavy atom. The summed E-state index contributed by atoms with van der Waals surface area (Å²) < 4.78 is 7.00. The number of H-pyrrole nitrogens is 1. The van der Waals surface area contributed by atoms with Crippen LogP contribution in [0, 0.1) is 5.92 Å². The van der Waals surface area contributed by atoms with Gasteiger partial charge in [-0.1, -0.05) is 6.92 Å². The molecule has 1 atom stereocenters. The van der Waals surface area contributed by atoms with E-state index in [9.17, 15) is 4.79 Å². The van der Waals surface area contributed by atoms with Crippen molar-refractivity contribution in [3.05, 3.63) is 29.1 Å². The van der Waals surface area contributed by atoms with Gasteiger partial charge in [-0.3, -0.25) is 9.89 Å². The van der Waals surface area contributed by atoms with Crippen LogP contribution in [0.3, 0.4) is 0 Å².